The lowest BCUT2D eigenvalue weighted by molar-refractivity contribution is -0.136. The number of nitrogens with one attached hydrogen (secondary N) is 1. The minimum Gasteiger partial charge on any atom is -0.481 e. The number of aliphatic carboxylic acids is 1. The van der Waals surface area contributed by atoms with Crippen molar-refractivity contribution in [1.82, 2.24) is 4.98 Å². The van der Waals surface area contributed by atoms with Gasteiger partial charge in [0, 0.05) is 23.6 Å². The number of carboxylic acids is 1. The zero-order valence-electron chi connectivity index (χ0n) is 12.7. The summed E-state index contributed by atoms with van der Waals surface area (Å²) in [5.41, 5.74) is 2.24. The number of aryl methyl sites for hydroxylation is 1. The van der Waals surface area contributed by atoms with Gasteiger partial charge in [-0.2, -0.15) is 0 Å². The van der Waals surface area contributed by atoms with Gasteiger partial charge in [-0.3, -0.25) is 9.59 Å². The number of hydrogen-bond donors (Lipinski definition) is 2. The number of anilines is 1. The summed E-state index contributed by atoms with van der Waals surface area (Å²) in [7, 11) is 0. The molecule has 3 rings (SSSR count). The summed E-state index contributed by atoms with van der Waals surface area (Å²) >= 11 is 0. The molecule has 2 N–H and O–H groups in total. The van der Waals surface area contributed by atoms with E-state index in [2.05, 4.69) is 10.3 Å². The Balaban J connectivity index is 1.75. The molecule has 5 nitrogen and oxygen atoms in total. The molecule has 1 aromatic heterocycles. The minimum absolute atomic E-state index is 0.000289. The highest BCUT2D eigenvalue weighted by molar-refractivity contribution is 6.04. The van der Waals surface area contributed by atoms with Gasteiger partial charge in [0.2, 0.25) is 0 Å². The van der Waals surface area contributed by atoms with Gasteiger partial charge in [-0.15, -0.1) is 0 Å². The van der Waals surface area contributed by atoms with E-state index < -0.39 is 5.97 Å². The van der Waals surface area contributed by atoms with Crippen molar-refractivity contribution in [2.24, 2.45) is 0 Å². The lowest BCUT2D eigenvalue weighted by atomic mass is 10.0. The third-order valence-corrected chi connectivity index (χ3v) is 3.88. The standard InChI is InChI=1S/C18H18N2O3/c21-17(22)11-10-12-4-1-2-5-14(12)18(23)20-16-7-3-6-15(19-16)13-8-9-13/h1-7,13H,8-11H2,(H,21,22)(H,19,20,23). The summed E-state index contributed by atoms with van der Waals surface area (Å²) in [6.45, 7) is 0. The Morgan fingerprint density at radius 1 is 1.13 bits per heavy atom. The van der Waals surface area contributed by atoms with Crippen LogP contribution in [0.5, 0.6) is 0 Å². The molecule has 0 aliphatic heterocycles. The molecule has 1 aromatic carbocycles. The van der Waals surface area contributed by atoms with Crippen molar-refractivity contribution in [3.8, 4) is 0 Å². The topological polar surface area (TPSA) is 79.3 Å². The van der Waals surface area contributed by atoms with Crippen molar-refractivity contribution in [3.05, 3.63) is 59.3 Å². The number of benzene rings is 1. The molecule has 0 unspecified atom stereocenters. The Kier molecular flexibility index (Phi) is 4.37. The first kappa shape index (κ1) is 15.2. The summed E-state index contributed by atoms with van der Waals surface area (Å²) in [5, 5.41) is 11.6. The molecule has 1 aliphatic rings. The van der Waals surface area contributed by atoms with E-state index in [-0.39, 0.29) is 12.3 Å². The van der Waals surface area contributed by atoms with Crippen molar-refractivity contribution < 1.29 is 14.7 Å². The van der Waals surface area contributed by atoms with Crippen molar-refractivity contribution >= 4 is 17.7 Å². The van der Waals surface area contributed by atoms with Crippen LogP contribution in [0.15, 0.2) is 42.5 Å². The van der Waals surface area contributed by atoms with E-state index in [1.807, 2.05) is 12.1 Å². The van der Waals surface area contributed by atoms with Crippen molar-refractivity contribution in [3.63, 3.8) is 0 Å². The summed E-state index contributed by atoms with van der Waals surface area (Å²) in [5.74, 6) is -0.0763. The molecule has 0 saturated heterocycles. The second-order valence-electron chi connectivity index (χ2n) is 5.73. The normalized spacial score (nSPS) is 13.6. The Hall–Kier alpha value is -2.69. The number of pyridine rings is 1. The van der Waals surface area contributed by atoms with Gasteiger partial charge in [-0.25, -0.2) is 4.98 Å². The average Bonchev–Trinajstić information content (AvgIpc) is 3.38. The minimum atomic E-state index is -0.876. The Labute approximate surface area is 134 Å². The van der Waals surface area contributed by atoms with Gasteiger partial charge in [0.1, 0.15) is 5.82 Å². The third-order valence-electron chi connectivity index (χ3n) is 3.88. The molecule has 1 saturated carbocycles. The van der Waals surface area contributed by atoms with Crippen LogP contribution in [0.25, 0.3) is 0 Å². The summed E-state index contributed by atoms with van der Waals surface area (Å²) in [4.78, 5) is 27.7. The fourth-order valence-electron chi connectivity index (χ4n) is 2.51. The summed E-state index contributed by atoms with van der Waals surface area (Å²) in [6, 6.07) is 12.7. The maximum atomic E-state index is 12.5. The summed E-state index contributed by atoms with van der Waals surface area (Å²) in [6.07, 6.45) is 2.64. The number of nitrogens with zero attached hydrogens (tertiary/aromatic N) is 1. The van der Waals surface area contributed by atoms with E-state index in [9.17, 15) is 9.59 Å². The van der Waals surface area contributed by atoms with Gasteiger partial charge in [-0.1, -0.05) is 24.3 Å². The van der Waals surface area contributed by atoms with E-state index in [4.69, 9.17) is 5.11 Å². The number of carboxylic acid groups (broad SMARTS) is 1. The smallest absolute Gasteiger partial charge is 0.303 e. The van der Waals surface area contributed by atoms with Gasteiger partial charge < -0.3 is 10.4 Å². The van der Waals surface area contributed by atoms with Gasteiger partial charge in [0.15, 0.2) is 0 Å². The predicted molar refractivity (Wildman–Crippen MR) is 86.6 cm³/mol. The fraction of sp³-hybridized carbons (Fsp3) is 0.278. The van der Waals surface area contributed by atoms with Crippen molar-refractivity contribution in [1.29, 1.82) is 0 Å². The second kappa shape index (κ2) is 6.60. The van der Waals surface area contributed by atoms with E-state index in [1.165, 1.54) is 0 Å². The van der Waals surface area contributed by atoms with Crippen LogP contribution in [0, 0.1) is 0 Å². The Morgan fingerprint density at radius 3 is 2.65 bits per heavy atom. The highest BCUT2D eigenvalue weighted by atomic mass is 16.4. The average molecular weight is 310 g/mol. The lowest BCUT2D eigenvalue weighted by Crippen LogP contribution is -2.16. The molecule has 1 amide bonds. The van der Waals surface area contributed by atoms with E-state index in [0.29, 0.717) is 23.7 Å². The lowest BCUT2D eigenvalue weighted by Gasteiger charge is -2.10. The first-order valence-electron chi connectivity index (χ1n) is 7.71. The second-order valence-corrected chi connectivity index (χ2v) is 5.73. The van der Waals surface area contributed by atoms with Crippen LogP contribution >= 0.6 is 0 Å². The molecular weight excluding hydrogens is 292 g/mol. The number of carbonyl (C=O) groups excluding carboxylic acids is 1. The zero-order chi connectivity index (χ0) is 16.2. The molecule has 118 valence electrons. The number of aromatic nitrogens is 1. The first-order valence-corrected chi connectivity index (χ1v) is 7.71. The van der Waals surface area contributed by atoms with Crippen LogP contribution in [0.2, 0.25) is 0 Å². The molecule has 1 aliphatic carbocycles. The summed E-state index contributed by atoms with van der Waals surface area (Å²) < 4.78 is 0. The third kappa shape index (κ3) is 3.94. The molecule has 0 bridgehead atoms. The highest BCUT2D eigenvalue weighted by Gasteiger charge is 2.25. The maximum absolute atomic E-state index is 12.5. The van der Waals surface area contributed by atoms with Crippen LogP contribution in [0.3, 0.4) is 0 Å². The van der Waals surface area contributed by atoms with Gasteiger partial charge >= 0.3 is 5.97 Å². The maximum Gasteiger partial charge on any atom is 0.303 e. The predicted octanol–water partition coefficient (Wildman–Crippen LogP) is 3.23. The highest BCUT2D eigenvalue weighted by Crippen LogP contribution is 2.39. The molecule has 2 aromatic rings. The number of rotatable bonds is 6. The largest absolute Gasteiger partial charge is 0.481 e. The zero-order valence-corrected chi connectivity index (χ0v) is 12.7. The molecular formula is C18H18N2O3. The Morgan fingerprint density at radius 2 is 1.91 bits per heavy atom. The number of amides is 1. The number of carbonyl (C=O) groups is 2. The van der Waals surface area contributed by atoms with Crippen LogP contribution in [-0.4, -0.2) is 22.0 Å². The molecule has 0 radical (unpaired) electrons. The van der Waals surface area contributed by atoms with E-state index >= 15 is 0 Å². The number of hydrogen-bond acceptors (Lipinski definition) is 3. The molecule has 23 heavy (non-hydrogen) atoms. The van der Waals surface area contributed by atoms with Crippen LogP contribution in [-0.2, 0) is 11.2 Å². The molecule has 0 atom stereocenters. The van der Waals surface area contributed by atoms with E-state index in [0.717, 1.165) is 24.1 Å². The Bertz CT molecular complexity index is 739. The van der Waals surface area contributed by atoms with Crippen molar-refractivity contribution in [2.45, 2.75) is 31.6 Å². The van der Waals surface area contributed by atoms with Crippen LogP contribution in [0.1, 0.15) is 46.8 Å². The first-order chi connectivity index (χ1) is 11.1. The van der Waals surface area contributed by atoms with Crippen LogP contribution < -0.4 is 5.32 Å². The van der Waals surface area contributed by atoms with Crippen LogP contribution in [0.4, 0.5) is 5.82 Å². The monoisotopic (exact) mass is 310 g/mol. The van der Waals surface area contributed by atoms with Gasteiger partial charge in [-0.05, 0) is 43.0 Å². The molecule has 1 fully saturated rings. The fourth-order valence-corrected chi connectivity index (χ4v) is 2.51. The van der Waals surface area contributed by atoms with Crippen molar-refractivity contribution in [2.75, 3.05) is 5.32 Å². The van der Waals surface area contributed by atoms with Gasteiger partial charge in [0.05, 0.1) is 0 Å². The SMILES string of the molecule is O=C(O)CCc1ccccc1C(=O)Nc1cccc(C2CC2)n1. The molecule has 0 spiro atoms. The van der Waals surface area contributed by atoms with E-state index in [1.54, 1.807) is 30.3 Å². The molecule has 1 heterocycles. The quantitative estimate of drug-likeness (QED) is 0.858. The molecule has 5 heteroatoms. The van der Waals surface area contributed by atoms with Gasteiger partial charge in [0.25, 0.3) is 5.91 Å².